The topological polar surface area (TPSA) is 59.6 Å². The Hall–Kier alpha value is -7.17. The summed E-state index contributed by atoms with van der Waals surface area (Å²) in [6, 6.07) is 61.8. The highest BCUT2D eigenvalue weighted by Gasteiger charge is 2.52. The molecule has 1 aliphatic carbocycles. The average Bonchev–Trinajstić information content (AvgIpc) is 3.56. The Morgan fingerprint density at radius 3 is 1.96 bits per heavy atom. The number of nitrogens with one attached hydrogen (secondary N) is 1. The van der Waals surface area contributed by atoms with Crippen molar-refractivity contribution in [1.29, 1.82) is 0 Å². The Balaban J connectivity index is 0.998. The largest absolute Gasteiger partial charge is 0.457 e. The normalized spacial score (nSPS) is 15.0. The lowest BCUT2D eigenvalue weighted by atomic mass is 9.67. The van der Waals surface area contributed by atoms with Crippen LogP contribution in [0.5, 0.6) is 11.5 Å². The maximum atomic E-state index is 6.76. The Bertz CT molecular complexity index is 2690. The summed E-state index contributed by atoms with van der Waals surface area (Å²) in [4.78, 5) is 4.97. The molecule has 268 valence electrons. The van der Waals surface area contributed by atoms with E-state index < -0.39 is 5.41 Å². The first-order valence-corrected chi connectivity index (χ1v) is 19.2. The standard InChI is InChI=1S/C52H39N3O/c53-47(33-48(38-15-5-2-6-16-38)55-34-35-13-3-1-4-14-35)37-26-24-36(25-27-37)39-17-11-18-40(31-39)41-28-29-42-43-19-12-30-54-51(43)52(46(42)32-41)44-20-7-9-22-49(44)56-50-23-10-8-21-45(50)52/h1-29,31-33,54H,30,34,53H2/b47-33-,55-48+. The Morgan fingerprint density at radius 1 is 0.607 bits per heavy atom. The molecule has 3 aliphatic rings. The van der Waals surface area contributed by atoms with Crippen molar-refractivity contribution in [2.24, 2.45) is 10.7 Å². The predicted molar refractivity (Wildman–Crippen MR) is 230 cm³/mol. The van der Waals surface area contributed by atoms with Gasteiger partial charge < -0.3 is 15.8 Å². The van der Waals surface area contributed by atoms with Crippen LogP contribution in [0.3, 0.4) is 0 Å². The van der Waals surface area contributed by atoms with Crippen LogP contribution in [0.25, 0.3) is 33.5 Å². The van der Waals surface area contributed by atoms with E-state index in [1.165, 1.54) is 28.0 Å². The lowest BCUT2D eigenvalue weighted by Gasteiger charge is -2.41. The minimum absolute atomic E-state index is 0.523. The molecule has 3 N–H and O–H groups in total. The van der Waals surface area contributed by atoms with Gasteiger partial charge in [-0.25, -0.2) is 0 Å². The molecule has 0 unspecified atom stereocenters. The molecule has 0 bridgehead atoms. The van der Waals surface area contributed by atoms with Crippen LogP contribution in [-0.4, -0.2) is 12.3 Å². The number of nitrogens with zero attached hydrogens (tertiary/aromatic N) is 1. The molecule has 0 saturated heterocycles. The first kappa shape index (κ1) is 33.4. The van der Waals surface area contributed by atoms with Gasteiger partial charge in [0, 0.05) is 34.6 Å². The second kappa shape index (κ2) is 13.9. The number of fused-ring (bicyclic) bond motifs is 8. The van der Waals surface area contributed by atoms with Crippen LogP contribution < -0.4 is 15.8 Å². The van der Waals surface area contributed by atoms with Gasteiger partial charge in [0.2, 0.25) is 0 Å². The SMILES string of the molecule is N/C(=C\C(=N/Cc1ccccc1)c1ccccc1)c1ccc(-c2cccc(-c3ccc4c(c3)C3(C5=C4C=CCN5)c4ccccc4Oc4ccccc43)c2)cc1. The molecule has 0 fully saturated rings. The Labute approximate surface area is 327 Å². The molecule has 0 radical (unpaired) electrons. The highest BCUT2D eigenvalue weighted by molar-refractivity contribution is 6.12. The third kappa shape index (κ3) is 5.66. The van der Waals surface area contributed by atoms with Gasteiger partial charge in [0.15, 0.2) is 0 Å². The molecule has 10 rings (SSSR count). The molecule has 4 heteroatoms. The zero-order chi connectivity index (χ0) is 37.5. The summed E-state index contributed by atoms with van der Waals surface area (Å²) in [6.45, 7) is 1.36. The van der Waals surface area contributed by atoms with Crippen molar-refractivity contribution in [1.82, 2.24) is 5.32 Å². The molecule has 7 aromatic carbocycles. The molecule has 56 heavy (non-hydrogen) atoms. The molecule has 0 atom stereocenters. The minimum atomic E-state index is -0.523. The number of aliphatic imine (C=N–C) groups is 1. The highest BCUT2D eigenvalue weighted by atomic mass is 16.5. The first-order chi connectivity index (χ1) is 27.7. The van der Waals surface area contributed by atoms with Crippen molar-refractivity contribution >= 4 is 17.0 Å². The summed E-state index contributed by atoms with van der Waals surface area (Å²) in [7, 11) is 0. The zero-order valence-electron chi connectivity index (χ0n) is 30.8. The highest BCUT2D eigenvalue weighted by Crippen LogP contribution is 2.61. The minimum Gasteiger partial charge on any atom is -0.457 e. The molecule has 0 aromatic heterocycles. The number of nitrogens with two attached hydrogens (primary N) is 1. The summed E-state index contributed by atoms with van der Waals surface area (Å²) >= 11 is 0. The van der Waals surface area contributed by atoms with Crippen molar-refractivity contribution in [2.75, 3.05) is 6.54 Å². The second-order valence-electron chi connectivity index (χ2n) is 14.5. The van der Waals surface area contributed by atoms with Gasteiger partial charge in [0.1, 0.15) is 11.5 Å². The smallest absolute Gasteiger partial charge is 0.132 e. The van der Waals surface area contributed by atoms with Crippen LogP contribution >= 0.6 is 0 Å². The predicted octanol–water partition coefficient (Wildman–Crippen LogP) is 11.3. The molecule has 7 aromatic rings. The number of ether oxygens (including phenoxy) is 1. The van der Waals surface area contributed by atoms with Crippen molar-refractivity contribution in [2.45, 2.75) is 12.0 Å². The number of para-hydroxylation sites is 2. The van der Waals surface area contributed by atoms with Gasteiger partial charge in [-0.3, -0.25) is 4.99 Å². The summed E-state index contributed by atoms with van der Waals surface area (Å²) in [6.07, 6.45) is 6.49. The average molecular weight is 722 g/mol. The first-order valence-electron chi connectivity index (χ1n) is 19.2. The number of benzene rings is 7. The molecule has 2 heterocycles. The van der Waals surface area contributed by atoms with E-state index in [1.54, 1.807) is 0 Å². The van der Waals surface area contributed by atoms with E-state index in [0.29, 0.717) is 12.2 Å². The second-order valence-corrected chi connectivity index (χ2v) is 14.5. The van der Waals surface area contributed by atoms with E-state index in [9.17, 15) is 0 Å². The summed E-state index contributed by atoms with van der Waals surface area (Å²) in [5, 5.41) is 3.82. The lowest BCUT2D eigenvalue weighted by Crippen LogP contribution is -2.39. The number of allylic oxidation sites excluding steroid dienone is 4. The van der Waals surface area contributed by atoms with Crippen LogP contribution in [0.15, 0.2) is 205 Å². The van der Waals surface area contributed by atoms with Gasteiger partial charge in [0.05, 0.1) is 17.7 Å². The Morgan fingerprint density at radius 2 is 1.23 bits per heavy atom. The van der Waals surface area contributed by atoms with Crippen molar-refractivity contribution < 1.29 is 4.74 Å². The van der Waals surface area contributed by atoms with E-state index >= 15 is 0 Å². The number of hydrogen-bond acceptors (Lipinski definition) is 4. The molecular weight excluding hydrogens is 683 g/mol. The van der Waals surface area contributed by atoms with Crippen LogP contribution in [-0.2, 0) is 12.0 Å². The molecule has 0 saturated carbocycles. The van der Waals surface area contributed by atoms with E-state index in [2.05, 4.69) is 157 Å². The molecular formula is C52H39N3O. The van der Waals surface area contributed by atoms with Crippen molar-refractivity contribution in [3.05, 3.63) is 239 Å². The fourth-order valence-corrected chi connectivity index (χ4v) is 8.59. The molecule has 4 nitrogen and oxygen atoms in total. The van der Waals surface area contributed by atoms with Crippen LogP contribution in [0.1, 0.15) is 38.9 Å². The fourth-order valence-electron chi connectivity index (χ4n) is 8.59. The third-order valence-electron chi connectivity index (χ3n) is 11.2. The summed E-state index contributed by atoms with van der Waals surface area (Å²) in [5.74, 6) is 1.79. The van der Waals surface area contributed by atoms with Gasteiger partial charge in [-0.2, -0.15) is 0 Å². The van der Waals surface area contributed by atoms with E-state index in [0.717, 1.165) is 68.3 Å². The van der Waals surface area contributed by atoms with Crippen LogP contribution in [0, 0.1) is 0 Å². The van der Waals surface area contributed by atoms with E-state index in [1.807, 2.05) is 42.5 Å². The van der Waals surface area contributed by atoms with E-state index in [4.69, 9.17) is 15.5 Å². The maximum Gasteiger partial charge on any atom is 0.132 e. The summed E-state index contributed by atoms with van der Waals surface area (Å²) in [5.41, 5.74) is 22.8. The van der Waals surface area contributed by atoms with Crippen molar-refractivity contribution in [3.8, 4) is 33.8 Å². The molecule has 2 aliphatic heterocycles. The number of rotatable bonds is 7. The van der Waals surface area contributed by atoms with E-state index in [-0.39, 0.29) is 0 Å². The van der Waals surface area contributed by atoms with Gasteiger partial charge in [-0.15, -0.1) is 0 Å². The third-order valence-corrected chi connectivity index (χ3v) is 11.2. The van der Waals surface area contributed by atoms with Crippen LogP contribution in [0.4, 0.5) is 0 Å². The van der Waals surface area contributed by atoms with Gasteiger partial charge >= 0.3 is 0 Å². The zero-order valence-corrected chi connectivity index (χ0v) is 30.8. The van der Waals surface area contributed by atoms with Crippen LogP contribution in [0.2, 0.25) is 0 Å². The van der Waals surface area contributed by atoms with Gasteiger partial charge in [-0.05, 0) is 80.4 Å². The molecule has 0 amide bonds. The maximum absolute atomic E-state index is 6.76. The molecule has 1 spiro atoms. The monoisotopic (exact) mass is 721 g/mol. The van der Waals surface area contributed by atoms with Gasteiger partial charge in [0.25, 0.3) is 0 Å². The Kier molecular flexibility index (Phi) is 8.30. The number of hydrogen-bond donors (Lipinski definition) is 2. The lowest BCUT2D eigenvalue weighted by molar-refractivity contribution is 0.429. The quantitative estimate of drug-likeness (QED) is 0.161. The van der Waals surface area contributed by atoms with Gasteiger partial charge in [-0.1, -0.05) is 164 Å². The van der Waals surface area contributed by atoms with Crippen molar-refractivity contribution in [3.63, 3.8) is 0 Å². The number of dihydropyridines is 1. The summed E-state index contributed by atoms with van der Waals surface area (Å²) < 4.78 is 6.54. The fraction of sp³-hybridized carbons (Fsp3) is 0.0577.